The Morgan fingerprint density at radius 3 is 2.11 bits per heavy atom. The molecule has 0 radical (unpaired) electrons. The smallest absolute Gasteiger partial charge is 0.331 e. The van der Waals surface area contributed by atoms with Gasteiger partial charge < -0.3 is 9.57 Å². The average Bonchev–Trinajstić information content (AvgIpc) is 2.11. The van der Waals surface area contributed by atoms with E-state index in [4.69, 9.17) is 4.74 Å². The second-order valence-electron chi connectivity index (χ2n) is 5.51. The van der Waals surface area contributed by atoms with Gasteiger partial charge in [0.15, 0.2) is 0 Å². The van der Waals surface area contributed by atoms with Crippen LogP contribution in [0.5, 0.6) is 0 Å². The lowest BCUT2D eigenvalue weighted by Gasteiger charge is -2.18. The number of nitrogens with zero attached hydrogens (tertiary/aromatic N) is 1. The van der Waals surface area contributed by atoms with Gasteiger partial charge in [0.2, 0.25) is 0 Å². The third-order valence-electron chi connectivity index (χ3n) is 1.62. The summed E-state index contributed by atoms with van der Waals surface area (Å²) >= 11 is 0. The molecule has 0 aliphatic heterocycles. The Kier molecular flexibility index (Phi) is 5.75. The van der Waals surface area contributed by atoms with Gasteiger partial charge in [-0.3, -0.25) is 0 Å². The summed E-state index contributed by atoms with van der Waals surface area (Å²) in [4.78, 5) is 26.4. The van der Waals surface area contributed by atoms with Crippen LogP contribution in [0, 0.1) is 5.41 Å². The van der Waals surface area contributed by atoms with E-state index in [0.29, 0.717) is 0 Å². The summed E-state index contributed by atoms with van der Waals surface area (Å²) in [6.45, 7) is 10.3. The van der Waals surface area contributed by atoms with Gasteiger partial charge in [-0.05, 0) is 20.8 Å². The second kappa shape index (κ2) is 6.33. The SMILES string of the molecule is CC(=O)O/N=C/C(C)(C)/C=C/C(=O)OC(C)(C)C. The molecule has 0 spiro atoms. The first-order chi connectivity index (χ1) is 8.02. The Morgan fingerprint density at radius 2 is 1.67 bits per heavy atom. The molecular weight excluding hydrogens is 234 g/mol. The van der Waals surface area contributed by atoms with Crippen LogP contribution in [0.3, 0.4) is 0 Å². The monoisotopic (exact) mass is 255 g/mol. The Hall–Kier alpha value is -1.65. The highest BCUT2D eigenvalue weighted by atomic mass is 16.7. The molecule has 5 nitrogen and oxygen atoms in total. The minimum atomic E-state index is -0.516. The third kappa shape index (κ3) is 9.57. The molecule has 5 heteroatoms. The van der Waals surface area contributed by atoms with E-state index in [0.717, 1.165) is 0 Å². The van der Waals surface area contributed by atoms with Crippen LogP contribution in [0.15, 0.2) is 17.3 Å². The molecule has 0 amide bonds. The minimum Gasteiger partial charge on any atom is -0.457 e. The summed E-state index contributed by atoms with van der Waals surface area (Å²) < 4.78 is 5.12. The third-order valence-corrected chi connectivity index (χ3v) is 1.62. The van der Waals surface area contributed by atoms with E-state index in [1.807, 2.05) is 13.8 Å². The molecule has 0 aromatic rings. The molecule has 0 saturated heterocycles. The Labute approximate surface area is 108 Å². The predicted molar refractivity (Wildman–Crippen MR) is 69.0 cm³/mol. The standard InChI is InChI=1S/C13H21NO4/c1-10(15)18-14-9-13(5,6)8-7-11(16)17-12(2,3)4/h7-9H,1-6H3/b8-7+,14-9+. The summed E-state index contributed by atoms with van der Waals surface area (Å²) in [7, 11) is 0. The number of rotatable bonds is 4. The zero-order valence-corrected chi connectivity index (χ0v) is 11.8. The number of hydrogen-bond donors (Lipinski definition) is 0. The van der Waals surface area contributed by atoms with Gasteiger partial charge in [0.05, 0.1) is 6.21 Å². The molecule has 0 fully saturated rings. The first-order valence-electron chi connectivity index (χ1n) is 5.66. The van der Waals surface area contributed by atoms with Gasteiger partial charge in [0, 0.05) is 18.4 Å². The van der Waals surface area contributed by atoms with Crippen molar-refractivity contribution in [3.05, 3.63) is 12.2 Å². The lowest BCUT2D eigenvalue weighted by Crippen LogP contribution is -2.23. The molecule has 0 aliphatic rings. The van der Waals surface area contributed by atoms with Crippen LogP contribution < -0.4 is 0 Å². The summed E-state index contributed by atoms with van der Waals surface area (Å²) in [5.74, 6) is -0.908. The van der Waals surface area contributed by atoms with E-state index in [1.165, 1.54) is 19.2 Å². The molecule has 0 saturated carbocycles. The Bertz CT molecular complexity index is 362. The van der Waals surface area contributed by atoms with E-state index in [2.05, 4.69) is 9.99 Å². The van der Waals surface area contributed by atoms with Crippen LogP contribution in [0.4, 0.5) is 0 Å². The number of ether oxygens (including phenoxy) is 1. The number of allylic oxidation sites excluding steroid dienone is 1. The van der Waals surface area contributed by atoms with Gasteiger partial charge in [-0.25, -0.2) is 9.59 Å². The van der Waals surface area contributed by atoms with Gasteiger partial charge in [-0.2, -0.15) is 0 Å². The quantitative estimate of drug-likeness (QED) is 0.254. The van der Waals surface area contributed by atoms with Gasteiger partial charge in [-0.1, -0.05) is 25.1 Å². The van der Waals surface area contributed by atoms with Gasteiger partial charge >= 0.3 is 11.9 Å². The summed E-state index contributed by atoms with van der Waals surface area (Å²) in [5, 5.41) is 3.52. The first-order valence-corrected chi connectivity index (χ1v) is 5.66. The van der Waals surface area contributed by atoms with Crippen LogP contribution in [-0.2, 0) is 19.2 Å². The molecule has 0 unspecified atom stereocenters. The number of carbonyl (C=O) groups is 2. The van der Waals surface area contributed by atoms with E-state index in [-0.39, 0.29) is 0 Å². The van der Waals surface area contributed by atoms with Crippen molar-refractivity contribution in [1.82, 2.24) is 0 Å². The minimum absolute atomic E-state index is 0.420. The van der Waals surface area contributed by atoms with E-state index >= 15 is 0 Å². The molecular formula is C13H21NO4. The molecule has 0 atom stereocenters. The van der Waals surface area contributed by atoms with Crippen molar-refractivity contribution in [3.8, 4) is 0 Å². The summed E-state index contributed by atoms with van der Waals surface area (Å²) in [6, 6.07) is 0. The van der Waals surface area contributed by atoms with Crippen LogP contribution >= 0.6 is 0 Å². The summed E-state index contributed by atoms with van der Waals surface area (Å²) in [6.07, 6.45) is 4.41. The molecule has 0 aliphatic carbocycles. The predicted octanol–water partition coefficient (Wildman–Crippen LogP) is 2.46. The number of hydrogen-bond acceptors (Lipinski definition) is 5. The van der Waals surface area contributed by atoms with E-state index < -0.39 is 23.0 Å². The number of carbonyl (C=O) groups excluding carboxylic acids is 2. The van der Waals surface area contributed by atoms with Crippen LogP contribution in [-0.4, -0.2) is 23.8 Å². The second-order valence-corrected chi connectivity index (χ2v) is 5.51. The maximum atomic E-state index is 11.4. The van der Waals surface area contributed by atoms with Crippen molar-refractivity contribution >= 4 is 18.2 Å². The van der Waals surface area contributed by atoms with Crippen molar-refractivity contribution < 1.29 is 19.2 Å². The molecule has 102 valence electrons. The Morgan fingerprint density at radius 1 is 1.11 bits per heavy atom. The zero-order chi connectivity index (χ0) is 14.4. The number of oxime groups is 1. The zero-order valence-electron chi connectivity index (χ0n) is 11.8. The van der Waals surface area contributed by atoms with Crippen LogP contribution in [0.1, 0.15) is 41.5 Å². The molecule has 0 aromatic heterocycles. The highest BCUT2D eigenvalue weighted by molar-refractivity contribution is 5.83. The van der Waals surface area contributed by atoms with E-state index in [1.54, 1.807) is 26.8 Å². The van der Waals surface area contributed by atoms with Crippen molar-refractivity contribution in [2.24, 2.45) is 10.6 Å². The first kappa shape index (κ1) is 16.4. The fourth-order valence-electron chi connectivity index (χ4n) is 0.898. The molecule has 0 bridgehead atoms. The van der Waals surface area contributed by atoms with Crippen LogP contribution in [0.2, 0.25) is 0 Å². The fourth-order valence-corrected chi connectivity index (χ4v) is 0.898. The molecule has 0 N–H and O–H groups in total. The maximum Gasteiger partial charge on any atom is 0.331 e. The largest absolute Gasteiger partial charge is 0.457 e. The lowest BCUT2D eigenvalue weighted by molar-refractivity contribution is -0.148. The normalized spacial score (nSPS) is 13.0. The van der Waals surface area contributed by atoms with Gasteiger partial charge in [0.1, 0.15) is 5.60 Å². The van der Waals surface area contributed by atoms with Crippen molar-refractivity contribution in [1.29, 1.82) is 0 Å². The number of esters is 1. The highest BCUT2D eigenvalue weighted by Crippen LogP contribution is 2.15. The van der Waals surface area contributed by atoms with Crippen LogP contribution in [0.25, 0.3) is 0 Å². The topological polar surface area (TPSA) is 65.0 Å². The fraction of sp³-hybridized carbons (Fsp3) is 0.615. The van der Waals surface area contributed by atoms with Crippen molar-refractivity contribution in [2.75, 3.05) is 0 Å². The Balaban J connectivity index is 4.43. The van der Waals surface area contributed by atoms with Crippen molar-refractivity contribution in [2.45, 2.75) is 47.1 Å². The van der Waals surface area contributed by atoms with Gasteiger partial charge in [-0.15, -0.1) is 0 Å². The molecule has 0 aromatic carbocycles. The van der Waals surface area contributed by atoms with Gasteiger partial charge in [0.25, 0.3) is 0 Å². The molecule has 18 heavy (non-hydrogen) atoms. The van der Waals surface area contributed by atoms with Crippen molar-refractivity contribution in [3.63, 3.8) is 0 Å². The molecule has 0 heterocycles. The van der Waals surface area contributed by atoms with E-state index in [9.17, 15) is 9.59 Å². The highest BCUT2D eigenvalue weighted by Gasteiger charge is 2.16. The lowest BCUT2D eigenvalue weighted by atomic mass is 9.95. The maximum absolute atomic E-state index is 11.4. The molecule has 0 rings (SSSR count). The summed E-state index contributed by atoms with van der Waals surface area (Å²) in [5.41, 5.74) is -1.02. The average molecular weight is 255 g/mol.